The first-order valence-electron chi connectivity index (χ1n) is 8.22. The number of aromatic nitrogens is 1. The molecule has 2 aromatic rings. The van der Waals surface area contributed by atoms with Gasteiger partial charge in [-0.2, -0.15) is 0 Å². The molecule has 0 saturated heterocycles. The molecule has 0 bridgehead atoms. The third-order valence-corrected chi connectivity index (χ3v) is 4.97. The number of rotatable bonds is 6. The standard InChI is InChI=1S/C18H22N2O2S/c21-17(22-12-15-9-5-2-6-10-15)16-13-23-18(20-16)19-11-14-7-3-1-4-8-14/h1,3-4,7-8,13,15H,2,5-6,9-12H2,(H,19,20). The molecule has 23 heavy (non-hydrogen) atoms. The third-order valence-electron chi connectivity index (χ3n) is 4.17. The lowest BCUT2D eigenvalue weighted by molar-refractivity contribution is 0.0404. The van der Waals surface area contributed by atoms with Gasteiger partial charge in [0.2, 0.25) is 0 Å². The molecule has 122 valence electrons. The Hall–Kier alpha value is -1.88. The van der Waals surface area contributed by atoms with Crippen LogP contribution in [-0.4, -0.2) is 17.6 Å². The van der Waals surface area contributed by atoms with Crippen molar-refractivity contribution in [3.8, 4) is 0 Å². The van der Waals surface area contributed by atoms with Crippen LogP contribution in [0, 0.1) is 5.92 Å². The molecule has 0 atom stereocenters. The van der Waals surface area contributed by atoms with E-state index in [1.807, 2.05) is 18.2 Å². The lowest BCUT2D eigenvalue weighted by atomic mass is 9.90. The van der Waals surface area contributed by atoms with E-state index in [1.54, 1.807) is 5.38 Å². The molecule has 1 fully saturated rings. The predicted octanol–water partition coefficient (Wildman–Crippen LogP) is 4.49. The van der Waals surface area contributed by atoms with Crippen molar-refractivity contribution in [2.75, 3.05) is 11.9 Å². The number of hydrogen-bond donors (Lipinski definition) is 1. The van der Waals surface area contributed by atoms with Crippen LogP contribution in [0.25, 0.3) is 0 Å². The summed E-state index contributed by atoms with van der Waals surface area (Å²) in [7, 11) is 0. The molecule has 3 rings (SSSR count). The van der Waals surface area contributed by atoms with E-state index in [2.05, 4.69) is 22.4 Å². The summed E-state index contributed by atoms with van der Waals surface area (Å²) in [5, 5.41) is 5.75. The van der Waals surface area contributed by atoms with Gasteiger partial charge in [-0.1, -0.05) is 49.6 Å². The number of ether oxygens (including phenoxy) is 1. The Labute approximate surface area is 140 Å². The predicted molar refractivity (Wildman–Crippen MR) is 92.7 cm³/mol. The molecular weight excluding hydrogens is 308 g/mol. The third kappa shape index (κ3) is 4.79. The second-order valence-corrected chi connectivity index (χ2v) is 6.84. The van der Waals surface area contributed by atoms with Gasteiger partial charge in [-0.15, -0.1) is 11.3 Å². The number of carbonyl (C=O) groups excluding carboxylic acids is 1. The van der Waals surface area contributed by atoms with E-state index in [-0.39, 0.29) is 5.97 Å². The van der Waals surface area contributed by atoms with Crippen molar-refractivity contribution in [3.63, 3.8) is 0 Å². The maximum absolute atomic E-state index is 12.1. The molecule has 1 saturated carbocycles. The first kappa shape index (κ1) is 16.0. The Balaban J connectivity index is 1.47. The van der Waals surface area contributed by atoms with Gasteiger partial charge in [-0.05, 0) is 24.3 Å². The fourth-order valence-electron chi connectivity index (χ4n) is 2.84. The van der Waals surface area contributed by atoms with Crippen LogP contribution in [-0.2, 0) is 11.3 Å². The largest absolute Gasteiger partial charge is 0.461 e. The van der Waals surface area contributed by atoms with E-state index in [9.17, 15) is 4.79 Å². The van der Waals surface area contributed by atoms with Gasteiger partial charge in [0, 0.05) is 11.9 Å². The molecular formula is C18H22N2O2S. The average Bonchev–Trinajstić information content (AvgIpc) is 3.09. The number of anilines is 1. The number of esters is 1. The molecule has 0 radical (unpaired) electrons. The second-order valence-electron chi connectivity index (χ2n) is 5.98. The first-order chi connectivity index (χ1) is 11.3. The highest BCUT2D eigenvalue weighted by atomic mass is 32.1. The highest BCUT2D eigenvalue weighted by Crippen LogP contribution is 2.24. The van der Waals surface area contributed by atoms with E-state index < -0.39 is 0 Å². The number of carbonyl (C=O) groups is 1. The van der Waals surface area contributed by atoms with Crippen LogP contribution in [0.15, 0.2) is 35.7 Å². The molecule has 1 N–H and O–H groups in total. The van der Waals surface area contributed by atoms with E-state index in [4.69, 9.17) is 4.74 Å². The highest BCUT2D eigenvalue weighted by Gasteiger charge is 2.17. The Morgan fingerprint density at radius 1 is 1.22 bits per heavy atom. The summed E-state index contributed by atoms with van der Waals surface area (Å²) in [6.07, 6.45) is 6.17. The minimum Gasteiger partial charge on any atom is -0.461 e. The van der Waals surface area contributed by atoms with Crippen LogP contribution in [0.2, 0.25) is 0 Å². The maximum atomic E-state index is 12.1. The highest BCUT2D eigenvalue weighted by molar-refractivity contribution is 7.13. The number of thiazole rings is 1. The van der Waals surface area contributed by atoms with Crippen molar-refractivity contribution in [2.24, 2.45) is 5.92 Å². The Bertz CT molecular complexity index is 621. The Kier molecular flexibility index (Phi) is 5.64. The summed E-state index contributed by atoms with van der Waals surface area (Å²) in [6.45, 7) is 1.23. The van der Waals surface area contributed by atoms with E-state index in [1.165, 1.54) is 49.0 Å². The van der Waals surface area contributed by atoms with Gasteiger partial charge in [0.15, 0.2) is 10.8 Å². The molecule has 0 amide bonds. The fraction of sp³-hybridized carbons (Fsp3) is 0.444. The minimum atomic E-state index is -0.306. The molecule has 1 aliphatic carbocycles. The van der Waals surface area contributed by atoms with Crippen molar-refractivity contribution in [2.45, 2.75) is 38.6 Å². The summed E-state index contributed by atoms with van der Waals surface area (Å²) < 4.78 is 5.42. The summed E-state index contributed by atoms with van der Waals surface area (Å²) in [5.41, 5.74) is 1.59. The topological polar surface area (TPSA) is 51.2 Å². The molecule has 0 spiro atoms. The summed E-state index contributed by atoms with van der Waals surface area (Å²) in [5.74, 6) is 0.224. The van der Waals surface area contributed by atoms with E-state index in [0.717, 1.165) is 5.13 Å². The lowest BCUT2D eigenvalue weighted by Gasteiger charge is -2.20. The van der Waals surface area contributed by atoms with Crippen molar-refractivity contribution in [1.82, 2.24) is 4.98 Å². The van der Waals surface area contributed by atoms with Crippen LogP contribution in [0.5, 0.6) is 0 Å². The van der Waals surface area contributed by atoms with Gasteiger partial charge in [-0.25, -0.2) is 9.78 Å². The second kappa shape index (κ2) is 8.11. The SMILES string of the molecule is O=C(OCC1CCCCC1)c1csc(NCc2ccccc2)n1. The van der Waals surface area contributed by atoms with Crippen LogP contribution in [0.3, 0.4) is 0 Å². The average molecular weight is 330 g/mol. The lowest BCUT2D eigenvalue weighted by Crippen LogP contribution is -2.17. The maximum Gasteiger partial charge on any atom is 0.357 e. The summed E-state index contributed by atoms with van der Waals surface area (Å²) in [4.78, 5) is 16.4. The van der Waals surface area contributed by atoms with Crippen molar-refractivity contribution >= 4 is 22.4 Å². The zero-order valence-electron chi connectivity index (χ0n) is 13.2. The summed E-state index contributed by atoms with van der Waals surface area (Å²) in [6, 6.07) is 10.1. The Morgan fingerprint density at radius 2 is 2.00 bits per heavy atom. The molecule has 1 aromatic carbocycles. The van der Waals surface area contributed by atoms with Gasteiger partial charge < -0.3 is 10.1 Å². The minimum absolute atomic E-state index is 0.306. The smallest absolute Gasteiger partial charge is 0.357 e. The van der Waals surface area contributed by atoms with Crippen molar-refractivity contribution < 1.29 is 9.53 Å². The zero-order valence-corrected chi connectivity index (χ0v) is 14.0. The van der Waals surface area contributed by atoms with Crippen molar-refractivity contribution in [3.05, 3.63) is 47.0 Å². The van der Waals surface area contributed by atoms with Crippen LogP contribution in [0.1, 0.15) is 48.2 Å². The van der Waals surface area contributed by atoms with Crippen LogP contribution >= 0.6 is 11.3 Å². The monoisotopic (exact) mass is 330 g/mol. The van der Waals surface area contributed by atoms with Gasteiger partial charge in [-0.3, -0.25) is 0 Å². The first-order valence-corrected chi connectivity index (χ1v) is 9.09. The number of nitrogens with zero attached hydrogens (tertiary/aromatic N) is 1. The fourth-order valence-corrected chi connectivity index (χ4v) is 3.52. The molecule has 0 aliphatic heterocycles. The number of benzene rings is 1. The normalized spacial score (nSPS) is 15.3. The number of hydrogen-bond acceptors (Lipinski definition) is 5. The molecule has 1 aliphatic rings. The van der Waals surface area contributed by atoms with Gasteiger partial charge in [0.1, 0.15) is 0 Å². The van der Waals surface area contributed by atoms with E-state index in [0.29, 0.717) is 24.8 Å². The zero-order chi connectivity index (χ0) is 15.9. The molecule has 1 heterocycles. The molecule has 0 unspecified atom stereocenters. The molecule has 1 aromatic heterocycles. The van der Waals surface area contributed by atoms with Crippen molar-refractivity contribution in [1.29, 1.82) is 0 Å². The van der Waals surface area contributed by atoms with Crippen LogP contribution < -0.4 is 5.32 Å². The Morgan fingerprint density at radius 3 is 2.78 bits per heavy atom. The molecule has 4 nitrogen and oxygen atoms in total. The summed E-state index contributed by atoms with van der Waals surface area (Å²) >= 11 is 1.44. The van der Waals surface area contributed by atoms with Crippen LogP contribution in [0.4, 0.5) is 5.13 Å². The quantitative estimate of drug-likeness (QED) is 0.793. The van der Waals surface area contributed by atoms with E-state index >= 15 is 0 Å². The van der Waals surface area contributed by atoms with Gasteiger partial charge in [0.25, 0.3) is 0 Å². The van der Waals surface area contributed by atoms with Gasteiger partial charge in [0.05, 0.1) is 6.61 Å². The molecule has 5 heteroatoms. The van der Waals surface area contributed by atoms with Gasteiger partial charge >= 0.3 is 5.97 Å². The number of nitrogens with one attached hydrogen (secondary N) is 1.